The highest BCUT2D eigenvalue weighted by Crippen LogP contribution is 2.33. The molecule has 0 spiro atoms. The lowest BCUT2D eigenvalue weighted by atomic mass is 9.97. The molecule has 1 fully saturated rings. The molecule has 0 unspecified atom stereocenters. The second-order valence-electron chi connectivity index (χ2n) is 8.36. The zero-order valence-electron chi connectivity index (χ0n) is 18.6. The van der Waals surface area contributed by atoms with Gasteiger partial charge in [-0.1, -0.05) is 0 Å². The third-order valence-electron chi connectivity index (χ3n) is 6.19. The maximum Gasteiger partial charge on any atom is 0.254 e. The number of fused-ring (bicyclic) bond motifs is 1. The Morgan fingerprint density at radius 3 is 2.55 bits per heavy atom. The van der Waals surface area contributed by atoms with Gasteiger partial charge in [0.15, 0.2) is 4.21 Å². The minimum absolute atomic E-state index is 0.0823. The van der Waals surface area contributed by atoms with E-state index in [0.717, 1.165) is 32.7 Å². The minimum atomic E-state index is -3.58. The zero-order valence-corrected chi connectivity index (χ0v) is 20.2. The van der Waals surface area contributed by atoms with Gasteiger partial charge in [-0.2, -0.15) is 9.40 Å². The smallest absolute Gasteiger partial charge is 0.254 e. The Kier molecular flexibility index (Phi) is 5.56. The Bertz CT molecular complexity index is 1430. The van der Waals surface area contributed by atoms with Crippen LogP contribution in [0.1, 0.15) is 22.2 Å². The van der Waals surface area contributed by atoms with Crippen molar-refractivity contribution in [3.63, 3.8) is 0 Å². The first-order chi connectivity index (χ1) is 15.7. The molecule has 0 radical (unpaired) electrons. The maximum absolute atomic E-state index is 13.3. The number of hydrogen-bond donors (Lipinski definition) is 0. The van der Waals surface area contributed by atoms with Crippen LogP contribution in [0.15, 0.2) is 53.0 Å². The largest absolute Gasteiger partial charge is 0.297 e. The lowest BCUT2D eigenvalue weighted by Crippen LogP contribution is -2.48. The summed E-state index contributed by atoms with van der Waals surface area (Å²) < 4.78 is 43.4. The minimum Gasteiger partial charge on any atom is -0.297 e. The molecule has 2 aromatic heterocycles. The van der Waals surface area contributed by atoms with Gasteiger partial charge in [0.2, 0.25) is 0 Å². The highest BCUT2D eigenvalue weighted by molar-refractivity contribution is 7.91. The average Bonchev–Trinajstić information content (AvgIpc) is 3.40. The monoisotopic (exact) mass is 485 g/mol. The molecule has 1 saturated heterocycles. The van der Waals surface area contributed by atoms with Crippen molar-refractivity contribution in [2.75, 3.05) is 26.7 Å². The molecule has 0 N–H and O–H groups in total. The van der Waals surface area contributed by atoms with E-state index in [1.54, 1.807) is 34.2 Å². The summed E-state index contributed by atoms with van der Waals surface area (Å²) in [7, 11) is -1.56. The van der Waals surface area contributed by atoms with Crippen molar-refractivity contribution >= 4 is 32.3 Å². The van der Waals surface area contributed by atoms with E-state index in [-0.39, 0.29) is 16.1 Å². The van der Waals surface area contributed by atoms with Gasteiger partial charge in [-0.15, -0.1) is 11.3 Å². The number of piperazine rings is 1. The van der Waals surface area contributed by atoms with E-state index in [4.69, 9.17) is 0 Å². The Labute approximate surface area is 196 Å². The second-order valence-corrected chi connectivity index (χ2v) is 11.8. The second kappa shape index (κ2) is 8.28. The first-order valence-electron chi connectivity index (χ1n) is 10.6. The molecule has 1 atom stereocenters. The molecule has 0 aliphatic carbocycles. The first kappa shape index (κ1) is 22.1. The lowest BCUT2D eigenvalue weighted by molar-refractivity contribution is 0.148. The van der Waals surface area contributed by atoms with Gasteiger partial charge in [0, 0.05) is 31.1 Å². The van der Waals surface area contributed by atoms with E-state index < -0.39 is 10.0 Å². The van der Waals surface area contributed by atoms with Crippen molar-refractivity contribution in [1.29, 1.82) is 0 Å². The molecule has 0 bridgehead atoms. The van der Waals surface area contributed by atoms with E-state index in [2.05, 4.69) is 27.1 Å². The van der Waals surface area contributed by atoms with Crippen molar-refractivity contribution in [3.05, 3.63) is 70.7 Å². The third-order valence-corrected chi connectivity index (χ3v) is 9.41. The molecular weight excluding hydrogens is 461 g/mol. The van der Waals surface area contributed by atoms with Crippen molar-refractivity contribution in [1.82, 2.24) is 24.0 Å². The van der Waals surface area contributed by atoms with E-state index in [9.17, 15) is 12.8 Å². The summed E-state index contributed by atoms with van der Waals surface area (Å²) in [5, 5.41) is 6.19. The summed E-state index contributed by atoms with van der Waals surface area (Å²) in [6, 6.07) is 10.3. The van der Waals surface area contributed by atoms with Gasteiger partial charge < -0.3 is 0 Å². The van der Waals surface area contributed by atoms with E-state index in [1.807, 2.05) is 14.0 Å². The summed E-state index contributed by atoms with van der Waals surface area (Å²) in [5.74, 6) is -0.290. The Morgan fingerprint density at radius 1 is 1.09 bits per heavy atom. The summed E-state index contributed by atoms with van der Waals surface area (Å²) in [6.45, 7) is 5.28. The number of thiazole rings is 1. The number of sulfonamides is 1. The van der Waals surface area contributed by atoms with Crippen LogP contribution in [0.3, 0.4) is 0 Å². The molecule has 0 amide bonds. The quantitative estimate of drug-likeness (QED) is 0.438. The van der Waals surface area contributed by atoms with E-state index >= 15 is 0 Å². The highest BCUT2D eigenvalue weighted by atomic mass is 32.2. The number of aryl methyl sites for hydroxylation is 2. The van der Waals surface area contributed by atoms with Gasteiger partial charge >= 0.3 is 0 Å². The molecule has 7 nitrogen and oxygen atoms in total. The van der Waals surface area contributed by atoms with Crippen molar-refractivity contribution in [3.8, 4) is 5.69 Å². The van der Waals surface area contributed by atoms with Crippen LogP contribution in [-0.2, 0) is 10.0 Å². The van der Waals surface area contributed by atoms with Gasteiger partial charge in [0.25, 0.3) is 10.0 Å². The molecule has 172 valence electrons. The van der Waals surface area contributed by atoms with Gasteiger partial charge in [-0.3, -0.25) is 4.90 Å². The van der Waals surface area contributed by atoms with Crippen LogP contribution in [0.5, 0.6) is 0 Å². The molecule has 0 saturated carbocycles. The van der Waals surface area contributed by atoms with Gasteiger partial charge in [-0.05, 0) is 68.4 Å². The fourth-order valence-electron chi connectivity index (χ4n) is 4.33. The number of hydrogen-bond acceptors (Lipinski definition) is 6. The SMILES string of the molecule is Cc1ncc(S(=O)(=O)N2CCN(C)[C@H](c3cc4cnn(-c5ccc(F)cc5)c4cc3C)C2)s1. The standard InChI is InChI=1S/C23H24FN5O2S2/c1-15-10-21-17(12-26-29(21)19-6-4-18(24)5-7-19)11-20(15)22-14-28(9-8-27(22)3)33(30,31)23-13-25-16(2)32-23/h4-7,10-13,22H,8-9,14H2,1-3H3/t22-/m0/s1. The molecule has 5 rings (SSSR count). The fraction of sp³-hybridized carbons (Fsp3) is 0.304. The summed E-state index contributed by atoms with van der Waals surface area (Å²) in [4.78, 5) is 6.32. The fourth-order valence-corrected chi connectivity index (χ4v) is 7.04. The lowest BCUT2D eigenvalue weighted by Gasteiger charge is -2.39. The van der Waals surface area contributed by atoms with Crippen LogP contribution in [0.4, 0.5) is 4.39 Å². The summed E-state index contributed by atoms with van der Waals surface area (Å²) >= 11 is 1.20. The van der Waals surface area contributed by atoms with Crippen molar-refractivity contribution in [2.24, 2.45) is 0 Å². The Morgan fingerprint density at radius 2 is 1.85 bits per heavy atom. The number of rotatable bonds is 4. The Hall–Kier alpha value is -2.66. The van der Waals surface area contributed by atoms with E-state index in [0.29, 0.717) is 19.6 Å². The molecule has 3 heterocycles. The van der Waals surface area contributed by atoms with Gasteiger partial charge in [0.05, 0.1) is 28.6 Å². The molecule has 10 heteroatoms. The molecule has 2 aromatic carbocycles. The predicted molar refractivity (Wildman–Crippen MR) is 127 cm³/mol. The maximum atomic E-state index is 13.3. The molecular formula is C23H24FN5O2S2. The highest BCUT2D eigenvalue weighted by Gasteiger charge is 2.35. The zero-order chi connectivity index (χ0) is 23.3. The normalized spacial score (nSPS) is 18.2. The number of benzene rings is 2. The van der Waals surface area contributed by atoms with E-state index in [1.165, 1.54) is 29.7 Å². The average molecular weight is 486 g/mol. The van der Waals surface area contributed by atoms with Crippen LogP contribution in [0.2, 0.25) is 0 Å². The van der Waals surface area contributed by atoms with Crippen molar-refractivity contribution in [2.45, 2.75) is 24.1 Å². The van der Waals surface area contributed by atoms with Crippen LogP contribution in [0.25, 0.3) is 16.6 Å². The van der Waals surface area contributed by atoms with Gasteiger partial charge in [0.1, 0.15) is 5.82 Å². The molecule has 33 heavy (non-hydrogen) atoms. The van der Waals surface area contributed by atoms with Crippen LogP contribution < -0.4 is 0 Å². The number of aromatic nitrogens is 3. The molecule has 1 aliphatic heterocycles. The van der Waals surface area contributed by atoms with Crippen LogP contribution >= 0.6 is 11.3 Å². The number of likely N-dealkylation sites (N-methyl/N-ethyl adjacent to an activating group) is 1. The predicted octanol–water partition coefficient (Wildman–Crippen LogP) is 3.92. The topological polar surface area (TPSA) is 71.3 Å². The van der Waals surface area contributed by atoms with Crippen LogP contribution in [0, 0.1) is 19.7 Å². The molecule has 1 aliphatic rings. The third kappa shape index (κ3) is 3.97. The first-order valence-corrected chi connectivity index (χ1v) is 12.9. The Balaban J connectivity index is 1.50. The summed E-state index contributed by atoms with van der Waals surface area (Å²) in [6.07, 6.45) is 3.24. The summed E-state index contributed by atoms with van der Waals surface area (Å²) in [5.41, 5.74) is 3.83. The van der Waals surface area contributed by atoms with Crippen molar-refractivity contribution < 1.29 is 12.8 Å². The van der Waals surface area contributed by atoms with Gasteiger partial charge in [-0.25, -0.2) is 22.5 Å². The number of halogens is 1. The number of nitrogens with zero attached hydrogens (tertiary/aromatic N) is 5. The molecule has 4 aromatic rings. The van der Waals surface area contributed by atoms with Crippen LogP contribution in [-0.4, -0.2) is 59.1 Å².